The number of carbonyl (C=O) groups excluding carboxylic acids is 2. The van der Waals surface area contributed by atoms with Crippen molar-refractivity contribution in [3.63, 3.8) is 0 Å². The number of hydrogen-bond acceptors (Lipinski definition) is 7. The summed E-state index contributed by atoms with van der Waals surface area (Å²) in [7, 11) is -8.56. The molecular formula is C18H46N4O5Si4. The number of rotatable bonds is 16. The van der Waals surface area contributed by atoms with Gasteiger partial charge in [0.25, 0.3) is 0 Å². The van der Waals surface area contributed by atoms with E-state index in [1.165, 1.54) is 0 Å². The Morgan fingerprint density at radius 3 is 1.23 bits per heavy atom. The highest BCUT2D eigenvalue weighted by Gasteiger charge is 2.43. The van der Waals surface area contributed by atoms with Gasteiger partial charge in [0.05, 0.1) is 0 Å². The molecule has 184 valence electrons. The molecule has 0 atom stereocenters. The molecule has 2 amide bonds. The molecular weight excluding hydrogens is 465 g/mol. The summed E-state index contributed by atoms with van der Waals surface area (Å²) in [4.78, 5) is 22.5. The van der Waals surface area contributed by atoms with Gasteiger partial charge in [0.2, 0.25) is 11.8 Å². The van der Waals surface area contributed by atoms with E-state index >= 15 is 0 Å². The van der Waals surface area contributed by atoms with Crippen LogP contribution in [0.15, 0.2) is 0 Å². The monoisotopic (exact) mass is 510 g/mol. The van der Waals surface area contributed by atoms with Crippen molar-refractivity contribution in [3.05, 3.63) is 0 Å². The molecule has 0 rings (SSSR count). The van der Waals surface area contributed by atoms with Crippen molar-refractivity contribution in [1.82, 2.24) is 10.9 Å². The molecule has 0 radical (unpaired) electrons. The number of unbranched alkanes of at least 4 members (excludes halogenated alkanes) is 2. The molecule has 0 aliphatic heterocycles. The summed E-state index contributed by atoms with van der Waals surface area (Å²) in [5.74, 6) is 10.00. The maximum absolute atomic E-state index is 11.3. The zero-order chi connectivity index (χ0) is 24.3. The molecule has 0 aliphatic carbocycles. The minimum Gasteiger partial charge on any atom is -0.436 e. The van der Waals surface area contributed by atoms with Crippen LogP contribution in [-0.2, 0) is 21.9 Å². The Hall–Kier alpha value is -0.392. The first-order valence-electron chi connectivity index (χ1n) is 11.1. The third kappa shape index (κ3) is 16.0. The van der Waals surface area contributed by atoms with Gasteiger partial charge in [-0.25, -0.2) is 11.7 Å². The van der Waals surface area contributed by atoms with Crippen LogP contribution in [0, 0.1) is 0 Å². The van der Waals surface area contributed by atoms with Crippen molar-refractivity contribution >= 4 is 45.6 Å². The SMILES string of the molecule is C[Si](C)(CCCCC(=O)NN)O[Si](C)(C)O[Si](C)(C)O[Si](C)(C)CCCCC(=O)NN. The standard InChI is InChI=1S/C18H46N4O5Si4/c1-28(2,15-11-9-13-17(23)21-19)25-30(5,6)27-31(7,8)26-29(3,4)16-12-10-14-18(24)22-20/h9-16,19-20H2,1-8H3,(H,21,23)(H,22,24). The summed E-state index contributed by atoms with van der Waals surface area (Å²) < 4.78 is 19.7. The highest BCUT2D eigenvalue weighted by molar-refractivity contribution is 6.89. The quantitative estimate of drug-likeness (QED) is 0.0822. The molecule has 0 heterocycles. The van der Waals surface area contributed by atoms with E-state index in [1.807, 2.05) is 0 Å². The predicted octanol–water partition coefficient (Wildman–Crippen LogP) is 3.17. The van der Waals surface area contributed by atoms with Gasteiger partial charge in [-0.15, -0.1) is 0 Å². The number of nitrogens with one attached hydrogen (secondary N) is 2. The largest absolute Gasteiger partial charge is 0.436 e. The summed E-state index contributed by atoms with van der Waals surface area (Å²) >= 11 is 0. The van der Waals surface area contributed by atoms with E-state index in [4.69, 9.17) is 24.0 Å². The smallest absolute Gasteiger partial charge is 0.312 e. The third-order valence-electron chi connectivity index (χ3n) is 4.72. The van der Waals surface area contributed by atoms with Crippen LogP contribution >= 0.6 is 0 Å². The van der Waals surface area contributed by atoms with Gasteiger partial charge >= 0.3 is 17.1 Å². The lowest BCUT2D eigenvalue weighted by atomic mass is 10.2. The lowest BCUT2D eigenvalue weighted by Crippen LogP contribution is -2.56. The minimum absolute atomic E-state index is 0.127. The Morgan fingerprint density at radius 1 is 0.613 bits per heavy atom. The molecule has 0 fully saturated rings. The number of carbonyl (C=O) groups is 2. The maximum Gasteiger partial charge on any atom is 0.312 e. The fourth-order valence-corrected chi connectivity index (χ4v) is 23.4. The number of hydrazine groups is 2. The summed E-state index contributed by atoms with van der Waals surface area (Å²) in [6, 6.07) is 1.95. The van der Waals surface area contributed by atoms with Crippen molar-refractivity contribution < 1.29 is 21.9 Å². The van der Waals surface area contributed by atoms with Crippen LogP contribution < -0.4 is 22.5 Å². The second kappa shape index (κ2) is 13.3. The Kier molecular flexibility index (Phi) is 13.2. The van der Waals surface area contributed by atoms with E-state index in [-0.39, 0.29) is 11.8 Å². The summed E-state index contributed by atoms with van der Waals surface area (Å²) in [5.41, 5.74) is 4.34. The molecule has 9 nitrogen and oxygen atoms in total. The molecule has 0 spiro atoms. The van der Waals surface area contributed by atoms with Crippen LogP contribution in [-0.4, -0.2) is 45.6 Å². The van der Waals surface area contributed by atoms with E-state index in [2.05, 4.69) is 63.2 Å². The van der Waals surface area contributed by atoms with E-state index in [9.17, 15) is 9.59 Å². The molecule has 0 aliphatic rings. The molecule has 31 heavy (non-hydrogen) atoms. The van der Waals surface area contributed by atoms with Crippen LogP contribution in [0.5, 0.6) is 0 Å². The van der Waals surface area contributed by atoms with Gasteiger partial charge in [-0.1, -0.05) is 12.8 Å². The van der Waals surface area contributed by atoms with Crippen molar-refractivity contribution in [1.29, 1.82) is 0 Å². The third-order valence-corrected chi connectivity index (χ3v) is 20.1. The number of nitrogens with two attached hydrogens (primary N) is 2. The van der Waals surface area contributed by atoms with Crippen LogP contribution in [0.1, 0.15) is 38.5 Å². The zero-order valence-corrected chi connectivity index (χ0v) is 24.9. The van der Waals surface area contributed by atoms with Gasteiger partial charge in [-0.3, -0.25) is 20.4 Å². The molecule has 0 bridgehead atoms. The van der Waals surface area contributed by atoms with E-state index in [1.54, 1.807) is 0 Å². The first-order chi connectivity index (χ1) is 14.0. The predicted molar refractivity (Wildman–Crippen MR) is 135 cm³/mol. The van der Waals surface area contributed by atoms with Crippen molar-refractivity contribution in [2.24, 2.45) is 11.7 Å². The van der Waals surface area contributed by atoms with Gasteiger partial charge in [-0.2, -0.15) is 0 Å². The second-order valence-corrected chi connectivity index (χ2v) is 26.3. The van der Waals surface area contributed by atoms with Crippen LogP contribution in [0.3, 0.4) is 0 Å². The highest BCUT2D eigenvalue weighted by Crippen LogP contribution is 2.28. The summed E-state index contributed by atoms with van der Waals surface area (Å²) in [5, 5.41) is 0. The van der Waals surface area contributed by atoms with Gasteiger partial charge < -0.3 is 12.3 Å². The zero-order valence-electron chi connectivity index (χ0n) is 20.9. The fourth-order valence-electron chi connectivity index (χ4n) is 3.88. The van der Waals surface area contributed by atoms with E-state index < -0.39 is 33.8 Å². The lowest BCUT2D eigenvalue weighted by Gasteiger charge is -2.41. The molecule has 0 aromatic heterocycles. The van der Waals surface area contributed by atoms with Crippen molar-refractivity contribution in [3.8, 4) is 0 Å². The Morgan fingerprint density at radius 2 is 0.935 bits per heavy atom. The maximum atomic E-state index is 11.3. The Labute approximate surface area is 193 Å². The van der Waals surface area contributed by atoms with E-state index in [0.717, 1.165) is 37.8 Å². The van der Waals surface area contributed by atoms with Crippen LogP contribution in [0.4, 0.5) is 0 Å². The van der Waals surface area contributed by atoms with Gasteiger partial charge in [-0.05, 0) is 77.3 Å². The van der Waals surface area contributed by atoms with Gasteiger partial charge in [0.15, 0.2) is 16.6 Å². The molecule has 6 N–H and O–H groups in total. The molecule has 13 heteroatoms. The van der Waals surface area contributed by atoms with Crippen LogP contribution in [0.2, 0.25) is 64.5 Å². The Bertz CT molecular complexity index is 529. The van der Waals surface area contributed by atoms with E-state index in [0.29, 0.717) is 12.8 Å². The molecule has 0 aromatic rings. The van der Waals surface area contributed by atoms with Crippen LogP contribution in [0.25, 0.3) is 0 Å². The van der Waals surface area contributed by atoms with Crippen molar-refractivity contribution in [2.75, 3.05) is 0 Å². The molecule has 0 saturated carbocycles. The summed E-state index contributed by atoms with van der Waals surface area (Å²) in [6.45, 7) is 17.2. The minimum atomic E-state index is -2.37. The van der Waals surface area contributed by atoms with Gasteiger partial charge in [0.1, 0.15) is 0 Å². The fraction of sp³-hybridized carbons (Fsp3) is 0.889. The molecule has 0 unspecified atom stereocenters. The Balaban J connectivity index is 4.61. The normalized spacial score (nSPS) is 13.2. The number of hydrogen-bond donors (Lipinski definition) is 4. The first-order valence-corrected chi connectivity index (χ1v) is 23.0. The lowest BCUT2D eigenvalue weighted by molar-refractivity contribution is -0.122. The average molecular weight is 511 g/mol. The van der Waals surface area contributed by atoms with Crippen molar-refractivity contribution in [2.45, 2.75) is 103 Å². The highest BCUT2D eigenvalue weighted by atomic mass is 28.5. The summed E-state index contributed by atoms with van der Waals surface area (Å²) in [6.07, 6.45) is 4.39. The topological polar surface area (TPSA) is 138 Å². The van der Waals surface area contributed by atoms with Gasteiger partial charge in [0, 0.05) is 12.8 Å². The first kappa shape index (κ1) is 30.6. The average Bonchev–Trinajstić information content (AvgIpc) is 2.58. The molecule has 0 aromatic carbocycles. The second-order valence-electron chi connectivity index (χ2n) is 10.2. The number of amides is 2. The molecule has 0 saturated heterocycles.